The molecule has 0 spiro atoms. The molecule has 0 aliphatic rings. The molecule has 2 atom stereocenters. The molecule has 10 heteroatoms. The number of carboxylic acid groups (broad SMARTS) is 1. The highest BCUT2D eigenvalue weighted by Gasteiger charge is 2.23. The van der Waals surface area contributed by atoms with Crippen molar-refractivity contribution in [3.63, 3.8) is 0 Å². The topological polar surface area (TPSA) is 160 Å². The Morgan fingerprint density at radius 3 is 2.38 bits per heavy atom. The van der Waals surface area contributed by atoms with Crippen LogP contribution in [0.3, 0.4) is 0 Å². The zero-order chi connectivity index (χ0) is 26.8. The quantitative estimate of drug-likeness (QED) is 0.250. The Kier molecular flexibility index (Phi) is 9.56. The number of nitrogens with one attached hydrogen (secondary N) is 3. The third kappa shape index (κ3) is 8.04. The number of hydrogen-bond acceptors (Lipinski definition) is 6. The van der Waals surface area contributed by atoms with Crippen molar-refractivity contribution in [2.45, 2.75) is 31.3 Å². The number of nitrogens with two attached hydrogens (primary N) is 1. The fraction of sp³-hybridized carbons (Fsp3) is 0.259. The van der Waals surface area contributed by atoms with Crippen LogP contribution in [0.4, 0.5) is 5.69 Å². The second-order valence-corrected chi connectivity index (χ2v) is 8.46. The molecule has 0 fully saturated rings. The summed E-state index contributed by atoms with van der Waals surface area (Å²) in [6.45, 7) is -0.415. The lowest BCUT2D eigenvalue weighted by Crippen LogP contribution is -2.50. The van der Waals surface area contributed by atoms with E-state index in [0.29, 0.717) is 11.4 Å². The van der Waals surface area contributed by atoms with Crippen molar-refractivity contribution in [1.82, 2.24) is 10.6 Å². The minimum absolute atomic E-state index is 0.0585. The van der Waals surface area contributed by atoms with Gasteiger partial charge in [-0.1, -0.05) is 54.6 Å². The molecule has 0 saturated carbocycles. The Labute approximate surface area is 214 Å². The van der Waals surface area contributed by atoms with Crippen LogP contribution in [0, 0.1) is 0 Å². The van der Waals surface area contributed by atoms with Gasteiger partial charge in [-0.3, -0.25) is 19.2 Å². The van der Waals surface area contributed by atoms with Gasteiger partial charge in [0.2, 0.25) is 17.7 Å². The first-order valence-corrected chi connectivity index (χ1v) is 11.7. The predicted molar refractivity (Wildman–Crippen MR) is 139 cm³/mol. The average molecular weight is 507 g/mol. The summed E-state index contributed by atoms with van der Waals surface area (Å²) in [7, 11) is 1.55. The minimum Gasteiger partial charge on any atom is -0.496 e. The maximum absolute atomic E-state index is 13.3. The van der Waals surface area contributed by atoms with Crippen molar-refractivity contribution >= 4 is 40.2 Å². The molecule has 0 aliphatic carbocycles. The summed E-state index contributed by atoms with van der Waals surface area (Å²) >= 11 is 0. The van der Waals surface area contributed by atoms with Crippen LogP contribution in [0.1, 0.15) is 18.4 Å². The van der Waals surface area contributed by atoms with Crippen LogP contribution in [-0.2, 0) is 25.6 Å². The van der Waals surface area contributed by atoms with Crippen LogP contribution in [0.5, 0.6) is 5.75 Å². The first kappa shape index (κ1) is 27.2. The first-order valence-electron chi connectivity index (χ1n) is 11.7. The Morgan fingerprint density at radius 2 is 1.68 bits per heavy atom. The van der Waals surface area contributed by atoms with Gasteiger partial charge in [0, 0.05) is 30.0 Å². The zero-order valence-electron chi connectivity index (χ0n) is 20.4. The van der Waals surface area contributed by atoms with E-state index in [2.05, 4.69) is 16.0 Å². The molecule has 6 N–H and O–H groups in total. The van der Waals surface area contributed by atoms with Crippen LogP contribution in [0.25, 0.3) is 10.8 Å². The number of carbonyl (C=O) groups is 4. The Balaban J connectivity index is 1.70. The fourth-order valence-electron chi connectivity index (χ4n) is 3.76. The largest absolute Gasteiger partial charge is 0.496 e. The predicted octanol–water partition coefficient (Wildman–Crippen LogP) is 1.82. The van der Waals surface area contributed by atoms with E-state index in [9.17, 15) is 19.2 Å². The fourth-order valence-corrected chi connectivity index (χ4v) is 3.76. The summed E-state index contributed by atoms with van der Waals surface area (Å²) < 4.78 is 5.47. The molecule has 0 aliphatic heterocycles. The number of benzene rings is 3. The van der Waals surface area contributed by atoms with Gasteiger partial charge in [0.1, 0.15) is 11.8 Å². The van der Waals surface area contributed by atoms with E-state index in [1.54, 1.807) is 13.2 Å². The normalized spacial score (nSPS) is 12.3. The molecule has 0 heterocycles. The molecule has 0 bridgehead atoms. The van der Waals surface area contributed by atoms with Crippen molar-refractivity contribution in [2.75, 3.05) is 19.0 Å². The van der Waals surface area contributed by atoms with Gasteiger partial charge in [0.05, 0.1) is 19.7 Å². The Hall–Kier alpha value is -4.44. The molecule has 3 aromatic rings. The number of rotatable bonds is 12. The molecule has 194 valence electrons. The number of amides is 3. The average Bonchev–Trinajstić information content (AvgIpc) is 2.89. The van der Waals surface area contributed by atoms with Crippen LogP contribution in [-0.4, -0.2) is 54.5 Å². The summed E-state index contributed by atoms with van der Waals surface area (Å²) in [5.74, 6) is -2.16. The van der Waals surface area contributed by atoms with E-state index in [0.717, 1.165) is 16.3 Å². The lowest BCUT2D eigenvalue weighted by atomic mass is 10.0. The van der Waals surface area contributed by atoms with Gasteiger partial charge in [-0.2, -0.15) is 0 Å². The smallest absolute Gasteiger partial charge is 0.303 e. The van der Waals surface area contributed by atoms with E-state index in [1.807, 2.05) is 60.7 Å². The summed E-state index contributed by atoms with van der Waals surface area (Å²) in [6, 6.07) is 18.3. The number of anilines is 1. The molecule has 0 radical (unpaired) electrons. The zero-order valence-corrected chi connectivity index (χ0v) is 20.4. The number of hydrogen-bond donors (Lipinski definition) is 5. The molecule has 3 aromatic carbocycles. The number of carboxylic acids is 1. The molecular weight excluding hydrogens is 476 g/mol. The van der Waals surface area contributed by atoms with Crippen LogP contribution in [0.15, 0.2) is 66.7 Å². The maximum Gasteiger partial charge on any atom is 0.303 e. The highest BCUT2D eigenvalue weighted by atomic mass is 16.5. The van der Waals surface area contributed by atoms with E-state index >= 15 is 0 Å². The van der Waals surface area contributed by atoms with Crippen molar-refractivity contribution < 1.29 is 29.0 Å². The number of carbonyl (C=O) groups excluding carboxylic acids is 3. The molecule has 0 aromatic heterocycles. The van der Waals surface area contributed by atoms with Gasteiger partial charge in [0.15, 0.2) is 0 Å². The van der Waals surface area contributed by atoms with Crippen LogP contribution < -0.4 is 26.4 Å². The molecule has 37 heavy (non-hydrogen) atoms. The van der Waals surface area contributed by atoms with Gasteiger partial charge >= 0.3 is 5.97 Å². The van der Waals surface area contributed by atoms with Gasteiger partial charge in [-0.25, -0.2) is 0 Å². The van der Waals surface area contributed by atoms with Crippen molar-refractivity contribution in [2.24, 2.45) is 5.73 Å². The lowest BCUT2D eigenvalue weighted by molar-refractivity contribution is -0.137. The second-order valence-electron chi connectivity index (χ2n) is 8.46. The highest BCUT2D eigenvalue weighted by molar-refractivity contribution is 6.01. The van der Waals surface area contributed by atoms with Gasteiger partial charge in [-0.05, 0) is 23.4 Å². The van der Waals surface area contributed by atoms with Crippen LogP contribution in [0.2, 0.25) is 0 Å². The minimum atomic E-state index is -1.07. The molecule has 0 unspecified atom stereocenters. The number of fused-ring (bicyclic) bond motifs is 1. The Bertz CT molecular complexity index is 1260. The molecule has 3 rings (SSSR count). The van der Waals surface area contributed by atoms with Crippen molar-refractivity contribution in [1.29, 1.82) is 0 Å². The molecule has 0 saturated heterocycles. The molecule has 3 amide bonds. The molecule has 10 nitrogen and oxygen atoms in total. The maximum atomic E-state index is 13.3. The van der Waals surface area contributed by atoms with E-state index in [1.165, 1.54) is 0 Å². The summed E-state index contributed by atoms with van der Waals surface area (Å²) in [4.78, 5) is 48.6. The number of methoxy groups -OCH3 is 1. The summed E-state index contributed by atoms with van der Waals surface area (Å²) in [6.07, 6.45) is -0.105. The SMILES string of the molecule is COc1cc(NC(=O)[C@H](Cc2ccccc2)NC(=O)CNC(=O)[C@H](N)CCC(=O)O)cc2ccccc12. The van der Waals surface area contributed by atoms with Gasteiger partial charge < -0.3 is 31.5 Å². The van der Waals surface area contributed by atoms with E-state index in [-0.39, 0.29) is 19.3 Å². The van der Waals surface area contributed by atoms with Gasteiger partial charge in [-0.15, -0.1) is 0 Å². The first-order chi connectivity index (χ1) is 17.8. The summed E-state index contributed by atoms with van der Waals surface area (Å²) in [5.41, 5.74) is 7.01. The highest BCUT2D eigenvalue weighted by Crippen LogP contribution is 2.29. The second kappa shape index (κ2) is 13.0. The van der Waals surface area contributed by atoms with Gasteiger partial charge in [0.25, 0.3) is 0 Å². The van der Waals surface area contributed by atoms with Crippen LogP contribution >= 0.6 is 0 Å². The van der Waals surface area contributed by atoms with E-state index < -0.39 is 42.3 Å². The van der Waals surface area contributed by atoms with Crippen molar-refractivity contribution in [3.8, 4) is 5.75 Å². The third-order valence-corrected chi connectivity index (χ3v) is 5.67. The summed E-state index contributed by atoms with van der Waals surface area (Å²) in [5, 5.41) is 18.4. The van der Waals surface area contributed by atoms with Crippen molar-refractivity contribution in [3.05, 3.63) is 72.3 Å². The monoisotopic (exact) mass is 506 g/mol. The Morgan fingerprint density at radius 1 is 0.973 bits per heavy atom. The lowest BCUT2D eigenvalue weighted by Gasteiger charge is -2.20. The number of ether oxygens (including phenoxy) is 1. The number of aliphatic carboxylic acids is 1. The van der Waals surface area contributed by atoms with E-state index in [4.69, 9.17) is 15.6 Å². The molecular formula is C27H30N4O6. The third-order valence-electron chi connectivity index (χ3n) is 5.67. The standard InChI is InChI=1S/C27H30N4O6/c1-37-23-15-19(14-18-9-5-6-10-20(18)23)30-27(36)22(13-17-7-3-2-4-8-17)31-24(32)16-29-26(35)21(28)11-12-25(33)34/h2-10,14-15,21-22H,11-13,16,28H2,1H3,(H,29,35)(H,30,36)(H,31,32)(H,33,34)/t21-,22+/m1/s1.